The van der Waals surface area contributed by atoms with Crippen molar-refractivity contribution in [3.63, 3.8) is 0 Å². The fourth-order valence-corrected chi connectivity index (χ4v) is 1.08. The van der Waals surface area contributed by atoms with Crippen LogP contribution in [0.15, 0.2) is 0 Å². The molecule has 1 fully saturated rings. The van der Waals surface area contributed by atoms with Crippen molar-refractivity contribution >= 4 is 11.8 Å². The Labute approximate surface area is 73.7 Å². The molecule has 1 heterocycles. The summed E-state index contributed by atoms with van der Waals surface area (Å²) in [5.74, 6) is -3.23. The molecule has 1 saturated heterocycles. The number of carbonyl (C=O) groups excluding carboxylic acids is 1. The predicted molar refractivity (Wildman–Crippen MR) is 38.7 cm³/mol. The Morgan fingerprint density at radius 1 is 1.46 bits per heavy atom. The lowest BCUT2D eigenvalue weighted by Crippen LogP contribution is -2.53. The molecule has 6 nitrogen and oxygen atoms in total. The fourth-order valence-electron chi connectivity index (χ4n) is 1.08. The molecule has 1 aliphatic heterocycles. The van der Waals surface area contributed by atoms with Crippen molar-refractivity contribution in [1.82, 2.24) is 0 Å². The van der Waals surface area contributed by atoms with Crippen molar-refractivity contribution in [1.29, 1.82) is 0 Å². The first kappa shape index (κ1) is 10.1. The maximum atomic E-state index is 11.1. The van der Waals surface area contributed by atoms with E-state index in [0.717, 1.165) is 0 Å². The van der Waals surface area contributed by atoms with E-state index in [2.05, 4.69) is 4.74 Å². The van der Waals surface area contributed by atoms with Gasteiger partial charge in [0.15, 0.2) is 6.29 Å². The molecule has 0 bridgehead atoms. The molecule has 0 unspecified atom stereocenters. The quantitative estimate of drug-likeness (QED) is 0.428. The molecule has 0 amide bonds. The summed E-state index contributed by atoms with van der Waals surface area (Å²) in [6, 6.07) is 0. The van der Waals surface area contributed by atoms with E-state index in [-0.39, 0.29) is 0 Å². The van der Waals surface area contributed by atoms with Crippen LogP contribution in [0.5, 0.6) is 0 Å². The largest absolute Gasteiger partial charge is 0.479 e. The van der Waals surface area contributed by atoms with Crippen molar-refractivity contribution in [3.05, 3.63) is 0 Å². The number of hydrogen-bond acceptors (Lipinski definition) is 5. The van der Waals surface area contributed by atoms with Gasteiger partial charge < -0.3 is 20.1 Å². The number of carboxylic acids is 1. The molecule has 6 heteroatoms. The summed E-state index contributed by atoms with van der Waals surface area (Å²) in [6.45, 7) is 1.39. The molecule has 0 radical (unpaired) electrons. The minimum atomic E-state index is -1.76. The van der Waals surface area contributed by atoms with Crippen LogP contribution in [-0.4, -0.2) is 45.6 Å². The Hall–Kier alpha value is -0.980. The van der Waals surface area contributed by atoms with E-state index in [9.17, 15) is 14.7 Å². The van der Waals surface area contributed by atoms with Crippen LogP contribution in [0.4, 0.5) is 0 Å². The van der Waals surface area contributed by atoms with E-state index in [1.807, 2.05) is 0 Å². The zero-order valence-electron chi connectivity index (χ0n) is 6.88. The number of hydrogen-bond donors (Lipinski definition) is 3. The highest BCUT2D eigenvalue weighted by Crippen LogP contribution is 2.21. The minimum Gasteiger partial charge on any atom is -0.479 e. The number of aliphatic carboxylic acids is 1. The van der Waals surface area contributed by atoms with Crippen LogP contribution in [0.1, 0.15) is 6.92 Å². The Morgan fingerprint density at radius 2 is 2.00 bits per heavy atom. The smallest absolute Gasteiger partial charge is 0.340 e. The highest BCUT2D eigenvalue weighted by atomic mass is 16.6. The van der Waals surface area contributed by atoms with Crippen LogP contribution >= 0.6 is 0 Å². The van der Waals surface area contributed by atoms with Crippen LogP contribution in [0.25, 0.3) is 0 Å². The van der Waals surface area contributed by atoms with Crippen molar-refractivity contribution in [3.8, 4) is 0 Å². The van der Waals surface area contributed by atoms with Gasteiger partial charge in [-0.15, -0.1) is 0 Å². The number of ether oxygens (including phenoxy) is 1. The number of aliphatic hydroxyl groups is 2. The van der Waals surface area contributed by atoms with Gasteiger partial charge in [0, 0.05) is 5.92 Å². The average molecular weight is 190 g/mol. The molecule has 0 aromatic rings. The number of carboxylic acid groups (broad SMARTS) is 1. The monoisotopic (exact) mass is 190 g/mol. The molecule has 0 aliphatic carbocycles. The molecule has 4 atom stereocenters. The summed E-state index contributed by atoms with van der Waals surface area (Å²) in [5, 5.41) is 26.7. The van der Waals surface area contributed by atoms with Gasteiger partial charge in [-0.05, 0) is 0 Å². The topological polar surface area (TPSA) is 104 Å². The predicted octanol–water partition coefficient (Wildman–Crippen LogP) is -1.65. The molecule has 74 valence electrons. The Kier molecular flexibility index (Phi) is 2.65. The second-order valence-corrected chi connectivity index (χ2v) is 2.95. The normalized spacial score (nSPS) is 40.4. The summed E-state index contributed by atoms with van der Waals surface area (Å²) >= 11 is 0. The summed E-state index contributed by atoms with van der Waals surface area (Å²) in [7, 11) is 0. The van der Waals surface area contributed by atoms with Gasteiger partial charge in [-0.25, -0.2) is 4.79 Å². The lowest BCUT2D eigenvalue weighted by molar-refractivity contribution is -0.219. The zero-order chi connectivity index (χ0) is 10.2. The van der Waals surface area contributed by atoms with E-state index in [0.29, 0.717) is 0 Å². The minimum absolute atomic E-state index is 0.803. The van der Waals surface area contributed by atoms with Crippen molar-refractivity contribution in [2.75, 3.05) is 0 Å². The van der Waals surface area contributed by atoms with E-state index < -0.39 is 36.2 Å². The Balaban J connectivity index is 2.82. The third kappa shape index (κ3) is 1.69. The third-order valence-electron chi connectivity index (χ3n) is 2.00. The molecule has 1 rings (SSSR count). The maximum Gasteiger partial charge on any atom is 0.340 e. The SMILES string of the molecule is C[C@@H]1[C@@H](O)O[C@@H](C(=O)O)C(=O)[C@@H]1O. The van der Waals surface area contributed by atoms with Gasteiger partial charge in [0.05, 0.1) is 0 Å². The maximum absolute atomic E-state index is 11.1. The van der Waals surface area contributed by atoms with Gasteiger partial charge in [0.1, 0.15) is 6.10 Å². The lowest BCUT2D eigenvalue weighted by atomic mass is 9.94. The summed E-state index contributed by atoms with van der Waals surface area (Å²) in [4.78, 5) is 21.5. The van der Waals surface area contributed by atoms with E-state index in [1.54, 1.807) is 0 Å². The highest BCUT2D eigenvalue weighted by molar-refractivity contribution is 6.04. The van der Waals surface area contributed by atoms with E-state index in [4.69, 9.17) is 10.2 Å². The first-order chi connectivity index (χ1) is 5.95. The van der Waals surface area contributed by atoms with Gasteiger partial charge in [0.2, 0.25) is 11.9 Å². The van der Waals surface area contributed by atoms with Gasteiger partial charge in [-0.1, -0.05) is 6.92 Å². The standard InChI is InChI=1S/C7H10O6/c1-2-3(8)4(9)5(6(10)11)13-7(2)12/h2-3,5,7-8,12H,1H3,(H,10,11)/t2-,3+,5+,7-/m0/s1. The number of rotatable bonds is 1. The van der Waals surface area contributed by atoms with Crippen LogP contribution < -0.4 is 0 Å². The van der Waals surface area contributed by atoms with Crippen molar-refractivity contribution < 1.29 is 29.6 Å². The molecule has 0 aromatic carbocycles. The summed E-state index contributed by atoms with van der Waals surface area (Å²) < 4.78 is 4.49. The van der Waals surface area contributed by atoms with Crippen LogP contribution in [-0.2, 0) is 14.3 Å². The number of Topliss-reactive ketones (excluding diaryl/α,β-unsaturated/α-hetero) is 1. The number of ketones is 1. The van der Waals surface area contributed by atoms with Gasteiger partial charge in [0.25, 0.3) is 0 Å². The molecule has 0 spiro atoms. The Bertz CT molecular complexity index is 237. The lowest BCUT2D eigenvalue weighted by Gasteiger charge is -2.31. The number of carbonyl (C=O) groups is 2. The van der Waals surface area contributed by atoms with E-state index in [1.165, 1.54) is 6.92 Å². The third-order valence-corrected chi connectivity index (χ3v) is 2.00. The van der Waals surface area contributed by atoms with Crippen molar-refractivity contribution in [2.45, 2.75) is 25.4 Å². The zero-order valence-corrected chi connectivity index (χ0v) is 6.88. The fraction of sp³-hybridized carbons (Fsp3) is 0.714. The summed E-state index contributed by atoms with van der Waals surface area (Å²) in [6.07, 6.45) is -4.67. The van der Waals surface area contributed by atoms with Crippen molar-refractivity contribution in [2.24, 2.45) is 5.92 Å². The average Bonchev–Trinajstić information content (AvgIpc) is 2.07. The van der Waals surface area contributed by atoms with Gasteiger partial charge in [-0.3, -0.25) is 4.79 Å². The van der Waals surface area contributed by atoms with Gasteiger partial charge in [-0.2, -0.15) is 0 Å². The second-order valence-electron chi connectivity index (χ2n) is 2.95. The molecule has 13 heavy (non-hydrogen) atoms. The Morgan fingerprint density at radius 3 is 2.46 bits per heavy atom. The second kappa shape index (κ2) is 3.41. The first-order valence-corrected chi connectivity index (χ1v) is 3.73. The number of aliphatic hydroxyl groups excluding tert-OH is 2. The molecule has 0 saturated carbocycles. The van der Waals surface area contributed by atoms with Crippen LogP contribution in [0.2, 0.25) is 0 Å². The molecule has 3 N–H and O–H groups in total. The highest BCUT2D eigenvalue weighted by Gasteiger charge is 2.44. The van der Waals surface area contributed by atoms with E-state index >= 15 is 0 Å². The molecular formula is C7H10O6. The summed E-state index contributed by atoms with van der Waals surface area (Å²) in [5.41, 5.74) is 0. The molecule has 0 aromatic heterocycles. The van der Waals surface area contributed by atoms with Crippen LogP contribution in [0.3, 0.4) is 0 Å². The van der Waals surface area contributed by atoms with Crippen LogP contribution in [0, 0.1) is 5.92 Å². The van der Waals surface area contributed by atoms with Gasteiger partial charge >= 0.3 is 5.97 Å². The molecular weight excluding hydrogens is 180 g/mol. The first-order valence-electron chi connectivity index (χ1n) is 3.73. The molecule has 1 aliphatic rings.